The highest BCUT2D eigenvalue weighted by atomic mass is 19.1. The van der Waals surface area contributed by atoms with Crippen molar-refractivity contribution in [3.05, 3.63) is 59.4 Å². The third kappa shape index (κ3) is 4.57. The van der Waals surface area contributed by atoms with Crippen LogP contribution in [0.25, 0.3) is 0 Å². The molecule has 2 aromatic rings. The number of halogens is 1. The maximum absolute atomic E-state index is 13.2. The van der Waals surface area contributed by atoms with Gasteiger partial charge in [0, 0.05) is 37.6 Å². The number of carbonyl (C=O) groups excluding carboxylic acids is 1. The standard InChI is InChI=1S/C20H24FN3O/c1-15-12-18(6-7-19(15)24-10-8-23(2)9-11-24)22-20(25)14-16-4-3-5-17(21)13-16/h3-7,12-13H,8-11,14H2,1-2H3,(H,22,25). The van der Waals surface area contributed by atoms with Gasteiger partial charge in [-0.05, 0) is 55.4 Å². The van der Waals surface area contributed by atoms with E-state index in [4.69, 9.17) is 0 Å². The van der Waals surface area contributed by atoms with Crippen molar-refractivity contribution in [1.29, 1.82) is 0 Å². The normalized spacial score (nSPS) is 15.2. The van der Waals surface area contributed by atoms with E-state index < -0.39 is 0 Å². The van der Waals surface area contributed by atoms with Gasteiger partial charge in [-0.3, -0.25) is 4.79 Å². The maximum atomic E-state index is 13.2. The molecule has 1 amide bonds. The molecule has 0 unspecified atom stereocenters. The van der Waals surface area contributed by atoms with Crippen molar-refractivity contribution < 1.29 is 9.18 Å². The molecule has 25 heavy (non-hydrogen) atoms. The Kier molecular flexibility index (Phi) is 5.34. The van der Waals surface area contributed by atoms with Gasteiger partial charge in [0.05, 0.1) is 6.42 Å². The minimum Gasteiger partial charge on any atom is -0.369 e. The van der Waals surface area contributed by atoms with Crippen LogP contribution in [0.2, 0.25) is 0 Å². The molecule has 1 heterocycles. The van der Waals surface area contributed by atoms with Gasteiger partial charge in [0.1, 0.15) is 5.82 Å². The summed E-state index contributed by atoms with van der Waals surface area (Å²) in [4.78, 5) is 16.9. The first-order chi connectivity index (χ1) is 12.0. The third-order valence-corrected chi connectivity index (χ3v) is 4.58. The van der Waals surface area contributed by atoms with Crippen LogP contribution in [0.4, 0.5) is 15.8 Å². The lowest BCUT2D eigenvalue weighted by molar-refractivity contribution is -0.115. The van der Waals surface area contributed by atoms with Crippen molar-refractivity contribution in [2.45, 2.75) is 13.3 Å². The van der Waals surface area contributed by atoms with E-state index in [9.17, 15) is 9.18 Å². The fourth-order valence-corrected chi connectivity index (χ4v) is 3.17. The van der Waals surface area contributed by atoms with Gasteiger partial charge in [0.2, 0.25) is 5.91 Å². The van der Waals surface area contributed by atoms with E-state index in [2.05, 4.69) is 35.2 Å². The molecule has 0 spiro atoms. The maximum Gasteiger partial charge on any atom is 0.228 e. The lowest BCUT2D eigenvalue weighted by Gasteiger charge is -2.35. The highest BCUT2D eigenvalue weighted by molar-refractivity contribution is 5.92. The molecule has 0 aliphatic carbocycles. The summed E-state index contributed by atoms with van der Waals surface area (Å²) in [5.74, 6) is -0.463. The lowest BCUT2D eigenvalue weighted by atomic mass is 10.1. The Bertz CT molecular complexity index is 754. The summed E-state index contributed by atoms with van der Waals surface area (Å²) in [5.41, 5.74) is 3.81. The fraction of sp³-hybridized carbons (Fsp3) is 0.350. The van der Waals surface area contributed by atoms with Crippen LogP contribution in [-0.4, -0.2) is 44.0 Å². The zero-order valence-electron chi connectivity index (χ0n) is 14.8. The number of likely N-dealkylation sites (N-methyl/N-ethyl adjacent to an activating group) is 1. The number of nitrogens with zero attached hydrogens (tertiary/aromatic N) is 2. The van der Waals surface area contributed by atoms with Gasteiger partial charge < -0.3 is 15.1 Å². The molecule has 0 radical (unpaired) electrons. The van der Waals surface area contributed by atoms with Crippen LogP contribution in [0.3, 0.4) is 0 Å². The number of amides is 1. The number of nitrogens with one attached hydrogen (secondary N) is 1. The number of carbonyl (C=O) groups is 1. The van der Waals surface area contributed by atoms with E-state index in [1.807, 2.05) is 12.1 Å². The van der Waals surface area contributed by atoms with Gasteiger partial charge in [0.25, 0.3) is 0 Å². The van der Waals surface area contributed by atoms with E-state index >= 15 is 0 Å². The van der Waals surface area contributed by atoms with Crippen LogP contribution in [-0.2, 0) is 11.2 Å². The number of hydrogen-bond acceptors (Lipinski definition) is 3. The summed E-state index contributed by atoms with van der Waals surface area (Å²) in [5, 5.41) is 2.90. The zero-order chi connectivity index (χ0) is 17.8. The molecular formula is C20H24FN3O. The van der Waals surface area contributed by atoms with Crippen LogP contribution >= 0.6 is 0 Å². The first-order valence-corrected chi connectivity index (χ1v) is 8.60. The molecule has 1 aliphatic heterocycles. The SMILES string of the molecule is Cc1cc(NC(=O)Cc2cccc(F)c2)ccc1N1CCN(C)CC1. The molecule has 132 valence electrons. The van der Waals surface area contributed by atoms with E-state index in [0.717, 1.165) is 37.4 Å². The predicted molar refractivity (Wildman–Crippen MR) is 99.6 cm³/mol. The van der Waals surface area contributed by atoms with Crippen molar-refractivity contribution in [1.82, 2.24) is 4.90 Å². The molecule has 1 saturated heterocycles. The number of benzene rings is 2. The number of piperazine rings is 1. The molecule has 1 fully saturated rings. The highest BCUT2D eigenvalue weighted by Crippen LogP contribution is 2.24. The Morgan fingerprint density at radius 3 is 2.56 bits per heavy atom. The summed E-state index contributed by atoms with van der Waals surface area (Å²) in [7, 11) is 2.14. The van der Waals surface area contributed by atoms with Crippen LogP contribution in [0.5, 0.6) is 0 Å². The predicted octanol–water partition coefficient (Wildman–Crippen LogP) is 3.07. The summed E-state index contributed by atoms with van der Waals surface area (Å²) in [6, 6.07) is 12.1. The van der Waals surface area contributed by atoms with Crippen molar-refractivity contribution in [3.8, 4) is 0 Å². The van der Waals surface area contributed by atoms with Gasteiger partial charge in [0.15, 0.2) is 0 Å². The molecule has 0 atom stereocenters. The van der Waals surface area contributed by atoms with Crippen molar-refractivity contribution in [2.75, 3.05) is 43.4 Å². The Balaban J connectivity index is 1.63. The van der Waals surface area contributed by atoms with Crippen molar-refractivity contribution in [2.24, 2.45) is 0 Å². The van der Waals surface area contributed by atoms with Crippen molar-refractivity contribution >= 4 is 17.3 Å². The van der Waals surface area contributed by atoms with E-state index in [1.54, 1.807) is 12.1 Å². The molecule has 1 aliphatic rings. The quantitative estimate of drug-likeness (QED) is 0.928. The van der Waals surface area contributed by atoms with Gasteiger partial charge in [-0.25, -0.2) is 4.39 Å². The van der Waals surface area contributed by atoms with Gasteiger partial charge in [-0.2, -0.15) is 0 Å². The average Bonchev–Trinajstić information content (AvgIpc) is 2.56. The Labute approximate surface area is 148 Å². The van der Waals surface area contributed by atoms with Gasteiger partial charge >= 0.3 is 0 Å². The summed E-state index contributed by atoms with van der Waals surface area (Å²) >= 11 is 0. The molecule has 0 saturated carbocycles. The Hall–Kier alpha value is -2.40. The largest absolute Gasteiger partial charge is 0.369 e. The second-order valence-corrected chi connectivity index (χ2v) is 6.65. The van der Waals surface area contributed by atoms with Crippen LogP contribution in [0.1, 0.15) is 11.1 Å². The molecule has 2 aromatic carbocycles. The lowest BCUT2D eigenvalue weighted by Crippen LogP contribution is -2.44. The number of aryl methyl sites for hydroxylation is 1. The highest BCUT2D eigenvalue weighted by Gasteiger charge is 2.16. The topological polar surface area (TPSA) is 35.6 Å². The summed E-state index contributed by atoms with van der Waals surface area (Å²) < 4.78 is 13.2. The molecule has 0 aromatic heterocycles. The molecule has 4 nitrogen and oxygen atoms in total. The van der Waals surface area contributed by atoms with Crippen molar-refractivity contribution in [3.63, 3.8) is 0 Å². The van der Waals surface area contributed by atoms with Crippen LogP contribution < -0.4 is 10.2 Å². The Morgan fingerprint density at radius 2 is 1.88 bits per heavy atom. The minimum absolute atomic E-state index is 0.141. The van der Waals surface area contributed by atoms with E-state index in [0.29, 0.717) is 5.56 Å². The van der Waals surface area contributed by atoms with E-state index in [1.165, 1.54) is 17.8 Å². The monoisotopic (exact) mass is 341 g/mol. The second kappa shape index (κ2) is 7.66. The molecule has 5 heteroatoms. The average molecular weight is 341 g/mol. The molecule has 3 rings (SSSR count). The fourth-order valence-electron chi connectivity index (χ4n) is 3.17. The molecule has 0 bridgehead atoms. The first-order valence-electron chi connectivity index (χ1n) is 8.60. The summed E-state index contributed by atoms with van der Waals surface area (Å²) in [6.45, 7) is 6.22. The number of anilines is 2. The molecule has 1 N–H and O–H groups in total. The van der Waals surface area contributed by atoms with Gasteiger partial charge in [-0.15, -0.1) is 0 Å². The second-order valence-electron chi connectivity index (χ2n) is 6.65. The number of hydrogen-bond donors (Lipinski definition) is 1. The van der Waals surface area contributed by atoms with Crippen LogP contribution in [0, 0.1) is 12.7 Å². The smallest absolute Gasteiger partial charge is 0.228 e. The zero-order valence-corrected chi connectivity index (χ0v) is 14.8. The Morgan fingerprint density at radius 1 is 1.12 bits per heavy atom. The first kappa shape index (κ1) is 17.4. The van der Waals surface area contributed by atoms with E-state index in [-0.39, 0.29) is 18.1 Å². The van der Waals surface area contributed by atoms with Crippen LogP contribution in [0.15, 0.2) is 42.5 Å². The van der Waals surface area contributed by atoms with Gasteiger partial charge in [-0.1, -0.05) is 12.1 Å². The number of rotatable bonds is 4. The summed E-state index contributed by atoms with van der Waals surface area (Å²) in [6.07, 6.45) is 0.164. The third-order valence-electron chi connectivity index (χ3n) is 4.58. The minimum atomic E-state index is -0.322. The molecular weight excluding hydrogens is 317 g/mol.